The first kappa shape index (κ1) is 17.2. The minimum absolute atomic E-state index is 0.372. The molecule has 2 heterocycles. The molecule has 0 aliphatic carbocycles. The van der Waals surface area contributed by atoms with Gasteiger partial charge >= 0.3 is 5.97 Å². The highest BCUT2D eigenvalue weighted by Crippen LogP contribution is 2.22. The topological polar surface area (TPSA) is 54.5 Å². The maximum absolute atomic E-state index is 11.3. The van der Waals surface area contributed by atoms with Crippen LogP contribution in [0.3, 0.4) is 0 Å². The molecule has 1 aliphatic heterocycles. The molecule has 0 amide bonds. The number of aryl methyl sites for hydroxylation is 1. The Morgan fingerprint density at radius 2 is 2.24 bits per heavy atom. The minimum Gasteiger partial charge on any atom is -0.422 e. The van der Waals surface area contributed by atoms with E-state index in [4.69, 9.17) is 4.74 Å². The van der Waals surface area contributed by atoms with E-state index in [0.717, 1.165) is 43.5 Å². The number of benzene rings is 1. The molecule has 0 saturated carbocycles. The number of nitrogens with one attached hydrogen (secondary N) is 1. The van der Waals surface area contributed by atoms with Gasteiger partial charge in [0, 0.05) is 31.8 Å². The molecule has 2 aromatic rings. The van der Waals surface area contributed by atoms with E-state index in [1.54, 1.807) is 6.20 Å². The van der Waals surface area contributed by atoms with Gasteiger partial charge in [-0.05, 0) is 30.5 Å². The van der Waals surface area contributed by atoms with E-state index in [-0.39, 0.29) is 0 Å². The molecule has 0 bridgehead atoms. The fourth-order valence-electron chi connectivity index (χ4n) is 3.04. The van der Waals surface area contributed by atoms with Gasteiger partial charge in [-0.15, -0.1) is 0 Å². The van der Waals surface area contributed by atoms with E-state index in [2.05, 4.69) is 46.0 Å². The zero-order valence-electron chi connectivity index (χ0n) is 14.4. The number of rotatable bonds is 6. The minimum atomic E-state index is -0.478. The molecule has 0 spiro atoms. The SMILES string of the molecule is C=CC(=O)Oc1cnc(N[C@@H]2CCN(Cc3ccccc3)C2)c(C)c1. The van der Waals surface area contributed by atoms with E-state index in [1.165, 1.54) is 5.56 Å². The van der Waals surface area contributed by atoms with E-state index in [0.29, 0.717) is 11.8 Å². The van der Waals surface area contributed by atoms with Crippen molar-refractivity contribution >= 4 is 11.8 Å². The number of hydrogen-bond donors (Lipinski definition) is 1. The van der Waals surface area contributed by atoms with Gasteiger partial charge in [0.25, 0.3) is 0 Å². The van der Waals surface area contributed by atoms with Crippen LogP contribution >= 0.6 is 0 Å². The third-order valence-corrected chi connectivity index (χ3v) is 4.30. The average Bonchev–Trinajstić information content (AvgIpc) is 3.05. The summed E-state index contributed by atoms with van der Waals surface area (Å²) >= 11 is 0. The Kier molecular flexibility index (Phi) is 5.46. The van der Waals surface area contributed by atoms with Crippen LogP contribution in [-0.2, 0) is 11.3 Å². The summed E-state index contributed by atoms with van der Waals surface area (Å²) in [6, 6.07) is 12.7. The van der Waals surface area contributed by atoms with Gasteiger partial charge in [0.15, 0.2) is 0 Å². The van der Waals surface area contributed by atoms with E-state index in [1.807, 2.05) is 19.1 Å². The molecule has 0 radical (unpaired) electrons. The zero-order chi connectivity index (χ0) is 17.6. The number of ether oxygens (including phenoxy) is 1. The van der Waals surface area contributed by atoms with Crippen LogP contribution in [0.2, 0.25) is 0 Å². The third kappa shape index (κ3) is 4.67. The first-order chi connectivity index (χ1) is 12.1. The van der Waals surface area contributed by atoms with Gasteiger partial charge in [0.05, 0.1) is 6.20 Å². The molecule has 25 heavy (non-hydrogen) atoms. The Balaban J connectivity index is 1.56. The number of anilines is 1. The number of esters is 1. The van der Waals surface area contributed by atoms with Crippen LogP contribution in [0.25, 0.3) is 0 Å². The van der Waals surface area contributed by atoms with Crippen molar-refractivity contribution in [2.45, 2.75) is 25.9 Å². The van der Waals surface area contributed by atoms with Crippen LogP contribution in [0.4, 0.5) is 5.82 Å². The largest absolute Gasteiger partial charge is 0.422 e. The molecule has 1 fully saturated rings. The number of hydrogen-bond acceptors (Lipinski definition) is 5. The highest BCUT2D eigenvalue weighted by molar-refractivity contribution is 5.83. The average molecular weight is 337 g/mol. The predicted molar refractivity (Wildman–Crippen MR) is 98.6 cm³/mol. The number of carbonyl (C=O) groups excluding carboxylic acids is 1. The number of likely N-dealkylation sites (tertiary alicyclic amines) is 1. The van der Waals surface area contributed by atoms with Crippen molar-refractivity contribution in [2.75, 3.05) is 18.4 Å². The van der Waals surface area contributed by atoms with Gasteiger partial charge in [-0.1, -0.05) is 36.9 Å². The van der Waals surface area contributed by atoms with Crippen LogP contribution in [0, 0.1) is 6.92 Å². The van der Waals surface area contributed by atoms with Crippen molar-refractivity contribution in [3.05, 3.63) is 66.4 Å². The van der Waals surface area contributed by atoms with Crippen LogP contribution in [-0.4, -0.2) is 35.0 Å². The molecule has 1 aliphatic rings. The summed E-state index contributed by atoms with van der Waals surface area (Å²) in [5.74, 6) is 0.796. The molecule has 1 N–H and O–H groups in total. The van der Waals surface area contributed by atoms with Gasteiger partial charge in [-0.2, -0.15) is 0 Å². The Morgan fingerprint density at radius 3 is 2.96 bits per heavy atom. The van der Waals surface area contributed by atoms with Gasteiger partial charge in [-0.3, -0.25) is 4.90 Å². The number of aromatic nitrogens is 1. The second kappa shape index (κ2) is 7.94. The molecule has 1 saturated heterocycles. The fourth-order valence-corrected chi connectivity index (χ4v) is 3.04. The maximum Gasteiger partial charge on any atom is 0.335 e. The first-order valence-electron chi connectivity index (χ1n) is 8.48. The van der Waals surface area contributed by atoms with Crippen molar-refractivity contribution < 1.29 is 9.53 Å². The van der Waals surface area contributed by atoms with Crippen molar-refractivity contribution in [1.29, 1.82) is 0 Å². The Bertz CT molecular complexity index is 746. The van der Waals surface area contributed by atoms with Crippen LogP contribution < -0.4 is 10.1 Å². The summed E-state index contributed by atoms with van der Waals surface area (Å²) in [7, 11) is 0. The van der Waals surface area contributed by atoms with Crippen molar-refractivity contribution in [2.24, 2.45) is 0 Å². The second-order valence-corrected chi connectivity index (χ2v) is 6.31. The first-order valence-corrected chi connectivity index (χ1v) is 8.48. The molecule has 130 valence electrons. The molecule has 1 atom stereocenters. The van der Waals surface area contributed by atoms with Crippen molar-refractivity contribution in [3.63, 3.8) is 0 Å². The second-order valence-electron chi connectivity index (χ2n) is 6.31. The third-order valence-electron chi connectivity index (χ3n) is 4.30. The summed E-state index contributed by atoms with van der Waals surface area (Å²) < 4.78 is 5.10. The van der Waals surface area contributed by atoms with Crippen LogP contribution in [0.5, 0.6) is 5.75 Å². The molecule has 3 rings (SSSR count). The van der Waals surface area contributed by atoms with E-state index < -0.39 is 5.97 Å². The highest BCUT2D eigenvalue weighted by atomic mass is 16.5. The number of pyridine rings is 1. The zero-order valence-corrected chi connectivity index (χ0v) is 14.4. The molecular weight excluding hydrogens is 314 g/mol. The lowest BCUT2D eigenvalue weighted by atomic mass is 10.2. The van der Waals surface area contributed by atoms with E-state index >= 15 is 0 Å². The summed E-state index contributed by atoms with van der Waals surface area (Å²) in [5, 5.41) is 3.51. The normalized spacial score (nSPS) is 17.2. The number of carbonyl (C=O) groups is 1. The lowest BCUT2D eigenvalue weighted by Crippen LogP contribution is -2.26. The lowest BCUT2D eigenvalue weighted by molar-refractivity contribution is -0.128. The number of nitrogens with zero attached hydrogens (tertiary/aromatic N) is 2. The van der Waals surface area contributed by atoms with Crippen LogP contribution in [0.1, 0.15) is 17.5 Å². The summed E-state index contributed by atoms with van der Waals surface area (Å²) in [5.41, 5.74) is 2.29. The predicted octanol–water partition coefficient (Wildman–Crippen LogP) is 3.17. The van der Waals surface area contributed by atoms with Gasteiger partial charge in [-0.25, -0.2) is 9.78 Å². The van der Waals surface area contributed by atoms with Crippen molar-refractivity contribution in [1.82, 2.24) is 9.88 Å². The molecular formula is C20H23N3O2. The highest BCUT2D eigenvalue weighted by Gasteiger charge is 2.23. The van der Waals surface area contributed by atoms with E-state index in [9.17, 15) is 4.79 Å². The van der Waals surface area contributed by atoms with Gasteiger partial charge in [0.2, 0.25) is 0 Å². The quantitative estimate of drug-likeness (QED) is 0.648. The Morgan fingerprint density at radius 1 is 1.44 bits per heavy atom. The smallest absolute Gasteiger partial charge is 0.335 e. The molecule has 5 heteroatoms. The molecule has 1 aromatic carbocycles. The standard InChI is InChI=1S/C20H23N3O2/c1-3-19(24)25-18-11-15(2)20(21-12-18)22-17-9-10-23(14-17)13-16-7-5-4-6-8-16/h3-8,11-12,17H,1,9-10,13-14H2,2H3,(H,21,22)/t17-/m1/s1. The Hall–Kier alpha value is -2.66. The molecule has 1 aromatic heterocycles. The molecule has 0 unspecified atom stereocenters. The van der Waals surface area contributed by atoms with Crippen molar-refractivity contribution in [3.8, 4) is 5.75 Å². The monoisotopic (exact) mass is 337 g/mol. The Labute approximate surface area is 148 Å². The lowest BCUT2D eigenvalue weighted by Gasteiger charge is -2.18. The summed E-state index contributed by atoms with van der Waals surface area (Å²) in [6.07, 6.45) is 3.79. The summed E-state index contributed by atoms with van der Waals surface area (Å²) in [4.78, 5) is 18.1. The van der Waals surface area contributed by atoms with Gasteiger partial charge < -0.3 is 10.1 Å². The fraction of sp³-hybridized carbons (Fsp3) is 0.300. The van der Waals surface area contributed by atoms with Crippen LogP contribution in [0.15, 0.2) is 55.3 Å². The summed E-state index contributed by atoms with van der Waals surface area (Å²) in [6.45, 7) is 8.38. The van der Waals surface area contributed by atoms with Gasteiger partial charge in [0.1, 0.15) is 11.6 Å². The maximum atomic E-state index is 11.3. The molecule has 5 nitrogen and oxygen atoms in total.